The van der Waals surface area contributed by atoms with E-state index in [2.05, 4.69) is 4.90 Å². The van der Waals surface area contributed by atoms with Crippen LogP contribution in [0.4, 0.5) is 0 Å². The van der Waals surface area contributed by atoms with Crippen LogP contribution in [0.25, 0.3) is 0 Å². The van der Waals surface area contributed by atoms with Gasteiger partial charge in [-0.1, -0.05) is 0 Å². The second-order valence-corrected chi connectivity index (χ2v) is 5.54. The predicted molar refractivity (Wildman–Crippen MR) is 85.5 cm³/mol. The van der Waals surface area contributed by atoms with Crippen LogP contribution in [-0.4, -0.2) is 75.4 Å². The van der Waals surface area contributed by atoms with Crippen LogP contribution in [0.2, 0.25) is 0 Å². The van der Waals surface area contributed by atoms with Crippen LogP contribution in [0.1, 0.15) is 11.6 Å². The Kier molecular flexibility index (Phi) is 5.68. The SMILES string of the molecule is COc1cc(C(C(=O)O)N2CCN(C)CC2)cc(OC)c1OC. The number of hydrogen-bond donors (Lipinski definition) is 1. The average molecular weight is 324 g/mol. The quantitative estimate of drug-likeness (QED) is 0.839. The lowest BCUT2D eigenvalue weighted by molar-refractivity contribution is -0.144. The van der Waals surface area contributed by atoms with Gasteiger partial charge in [0.25, 0.3) is 0 Å². The molecule has 128 valence electrons. The first-order chi connectivity index (χ1) is 11.0. The lowest BCUT2D eigenvalue weighted by atomic mass is 10.0. The van der Waals surface area contributed by atoms with E-state index in [9.17, 15) is 9.90 Å². The van der Waals surface area contributed by atoms with Gasteiger partial charge in [-0.2, -0.15) is 0 Å². The molecule has 0 saturated carbocycles. The Morgan fingerprint density at radius 2 is 1.57 bits per heavy atom. The summed E-state index contributed by atoms with van der Waals surface area (Å²) in [5, 5.41) is 9.73. The number of nitrogens with zero attached hydrogens (tertiary/aromatic N) is 2. The first-order valence-electron chi connectivity index (χ1n) is 7.47. The lowest BCUT2D eigenvalue weighted by Crippen LogP contribution is -2.47. The topological polar surface area (TPSA) is 71.5 Å². The molecule has 1 heterocycles. The maximum absolute atomic E-state index is 11.9. The zero-order valence-electron chi connectivity index (χ0n) is 14.0. The summed E-state index contributed by atoms with van der Waals surface area (Å²) in [4.78, 5) is 16.0. The number of carboxylic acid groups (broad SMARTS) is 1. The summed E-state index contributed by atoms with van der Waals surface area (Å²) in [5.74, 6) is 0.495. The highest BCUT2D eigenvalue weighted by atomic mass is 16.5. The van der Waals surface area contributed by atoms with Crippen LogP contribution in [0.3, 0.4) is 0 Å². The molecule has 1 atom stereocenters. The molecule has 1 aliphatic heterocycles. The zero-order valence-corrected chi connectivity index (χ0v) is 14.0. The number of aliphatic carboxylic acids is 1. The van der Waals surface area contributed by atoms with E-state index < -0.39 is 12.0 Å². The van der Waals surface area contributed by atoms with E-state index in [1.807, 2.05) is 11.9 Å². The molecule has 1 saturated heterocycles. The molecule has 7 heteroatoms. The summed E-state index contributed by atoms with van der Waals surface area (Å²) in [6.45, 7) is 3.08. The molecule has 1 aliphatic rings. The minimum Gasteiger partial charge on any atom is -0.493 e. The van der Waals surface area contributed by atoms with Gasteiger partial charge >= 0.3 is 5.97 Å². The van der Waals surface area contributed by atoms with Gasteiger partial charge < -0.3 is 24.2 Å². The molecule has 1 unspecified atom stereocenters. The van der Waals surface area contributed by atoms with Gasteiger partial charge in [0.1, 0.15) is 6.04 Å². The number of hydrogen-bond acceptors (Lipinski definition) is 6. The van der Waals surface area contributed by atoms with Crippen LogP contribution in [-0.2, 0) is 4.79 Å². The fourth-order valence-electron chi connectivity index (χ4n) is 2.85. The van der Waals surface area contributed by atoms with Crippen LogP contribution >= 0.6 is 0 Å². The molecular weight excluding hydrogens is 300 g/mol. The smallest absolute Gasteiger partial charge is 0.325 e. The van der Waals surface area contributed by atoms with Gasteiger partial charge in [-0.15, -0.1) is 0 Å². The van der Waals surface area contributed by atoms with Gasteiger partial charge in [-0.25, -0.2) is 0 Å². The normalized spacial score (nSPS) is 17.6. The van der Waals surface area contributed by atoms with Gasteiger partial charge in [0.2, 0.25) is 5.75 Å². The molecule has 1 aromatic carbocycles. The fourth-order valence-corrected chi connectivity index (χ4v) is 2.85. The molecule has 1 aromatic rings. The molecule has 1 N–H and O–H groups in total. The van der Waals surface area contributed by atoms with E-state index in [1.165, 1.54) is 21.3 Å². The number of methoxy groups -OCH3 is 3. The van der Waals surface area contributed by atoms with Gasteiger partial charge in [-0.3, -0.25) is 9.69 Å². The third-order valence-electron chi connectivity index (χ3n) is 4.14. The zero-order chi connectivity index (χ0) is 17.0. The lowest BCUT2D eigenvalue weighted by Gasteiger charge is -2.36. The summed E-state index contributed by atoms with van der Waals surface area (Å²) in [7, 11) is 6.60. The van der Waals surface area contributed by atoms with Crippen LogP contribution < -0.4 is 14.2 Å². The van der Waals surface area contributed by atoms with Crippen molar-refractivity contribution in [2.45, 2.75) is 6.04 Å². The molecule has 0 aromatic heterocycles. The van der Waals surface area contributed by atoms with E-state index in [0.717, 1.165) is 13.1 Å². The average Bonchev–Trinajstić information content (AvgIpc) is 2.55. The summed E-state index contributed by atoms with van der Waals surface area (Å²) in [6, 6.07) is 2.68. The Labute approximate surface area is 136 Å². The molecule has 0 spiro atoms. The van der Waals surface area contributed by atoms with Crippen molar-refractivity contribution in [2.75, 3.05) is 54.6 Å². The minimum atomic E-state index is -0.885. The van der Waals surface area contributed by atoms with E-state index in [1.54, 1.807) is 12.1 Å². The van der Waals surface area contributed by atoms with Gasteiger partial charge in [0.05, 0.1) is 21.3 Å². The Bertz CT molecular complexity index is 530. The maximum Gasteiger partial charge on any atom is 0.325 e. The van der Waals surface area contributed by atoms with Crippen molar-refractivity contribution in [2.24, 2.45) is 0 Å². The van der Waals surface area contributed by atoms with Crippen molar-refractivity contribution < 1.29 is 24.1 Å². The highest BCUT2D eigenvalue weighted by Gasteiger charge is 2.31. The first-order valence-corrected chi connectivity index (χ1v) is 7.47. The van der Waals surface area contributed by atoms with Gasteiger partial charge in [0, 0.05) is 26.2 Å². The number of rotatable bonds is 6. The molecule has 1 fully saturated rings. The van der Waals surface area contributed by atoms with Crippen LogP contribution in [0.15, 0.2) is 12.1 Å². The number of likely N-dealkylation sites (N-methyl/N-ethyl adjacent to an activating group) is 1. The summed E-state index contributed by atoms with van der Waals surface area (Å²) < 4.78 is 16.0. The Balaban J connectivity index is 2.41. The predicted octanol–water partition coefficient (Wildman–Crippen LogP) is 1.09. The standard InChI is InChI=1S/C16H24N2O5/c1-17-5-7-18(8-6-17)14(16(19)20)11-9-12(21-2)15(23-4)13(10-11)22-3/h9-10,14H,5-8H2,1-4H3,(H,19,20). The fraction of sp³-hybridized carbons (Fsp3) is 0.562. The molecule has 0 radical (unpaired) electrons. The van der Waals surface area contributed by atoms with Crippen molar-refractivity contribution in [3.8, 4) is 17.2 Å². The molecular formula is C16H24N2O5. The Morgan fingerprint density at radius 3 is 1.96 bits per heavy atom. The van der Waals surface area contributed by atoms with E-state index >= 15 is 0 Å². The number of carbonyl (C=O) groups is 1. The largest absolute Gasteiger partial charge is 0.493 e. The van der Waals surface area contributed by atoms with E-state index in [0.29, 0.717) is 35.9 Å². The summed E-state index contributed by atoms with van der Waals surface area (Å²) >= 11 is 0. The molecule has 0 aliphatic carbocycles. The van der Waals surface area contributed by atoms with Crippen molar-refractivity contribution in [3.05, 3.63) is 17.7 Å². The highest BCUT2D eigenvalue weighted by Crippen LogP contribution is 2.40. The van der Waals surface area contributed by atoms with E-state index in [-0.39, 0.29) is 0 Å². The Hall–Kier alpha value is -1.99. The number of benzene rings is 1. The number of carboxylic acids is 1. The maximum atomic E-state index is 11.9. The second-order valence-electron chi connectivity index (χ2n) is 5.54. The third-order valence-corrected chi connectivity index (χ3v) is 4.14. The van der Waals surface area contributed by atoms with Crippen molar-refractivity contribution in [1.29, 1.82) is 0 Å². The summed E-state index contributed by atoms with van der Waals surface area (Å²) in [5.41, 5.74) is 0.622. The third kappa shape index (κ3) is 3.68. The molecule has 2 rings (SSSR count). The number of ether oxygens (including phenoxy) is 3. The van der Waals surface area contributed by atoms with Crippen LogP contribution in [0.5, 0.6) is 17.2 Å². The molecule has 7 nitrogen and oxygen atoms in total. The first kappa shape index (κ1) is 17.4. The van der Waals surface area contributed by atoms with E-state index in [4.69, 9.17) is 14.2 Å². The summed E-state index contributed by atoms with van der Waals surface area (Å²) in [6.07, 6.45) is 0. The highest BCUT2D eigenvalue weighted by molar-refractivity contribution is 5.76. The monoisotopic (exact) mass is 324 g/mol. The molecule has 23 heavy (non-hydrogen) atoms. The minimum absolute atomic E-state index is 0.460. The van der Waals surface area contributed by atoms with Crippen molar-refractivity contribution in [1.82, 2.24) is 9.80 Å². The van der Waals surface area contributed by atoms with Crippen molar-refractivity contribution in [3.63, 3.8) is 0 Å². The van der Waals surface area contributed by atoms with Crippen molar-refractivity contribution >= 4 is 5.97 Å². The number of piperazine rings is 1. The van der Waals surface area contributed by atoms with Gasteiger partial charge in [0.15, 0.2) is 11.5 Å². The van der Waals surface area contributed by atoms with Gasteiger partial charge in [-0.05, 0) is 24.7 Å². The second kappa shape index (κ2) is 7.52. The molecule has 0 bridgehead atoms. The Morgan fingerprint density at radius 1 is 1.04 bits per heavy atom. The van der Waals surface area contributed by atoms with Crippen LogP contribution in [0, 0.1) is 0 Å². The molecule has 0 amide bonds.